The quantitative estimate of drug-likeness (QED) is 0.448. The lowest BCUT2D eigenvalue weighted by atomic mass is 9.87. The predicted molar refractivity (Wildman–Crippen MR) is 133 cm³/mol. The fourth-order valence-corrected chi connectivity index (χ4v) is 6.55. The number of hydrogen-bond acceptors (Lipinski definition) is 3. The molecule has 34 heavy (non-hydrogen) atoms. The van der Waals surface area contributed by atoms with Crippen molar-refractivity contribution in [1.82, 2.24) is 5.16 Å². The van der Waals surface area contributed by atoms with E-state index in [1.165, 1.54) is 42.4 Å². The first-order valence-electron chi connectivity index (χ1n) is 12.6. The number of aromatic carboxylic acids is 1. The summed E-state index contributed by atoms with van der Waals surface area (Å²) in [6.45, 7) is 3.97. The molecule has 3 unspecified atom stereocenters. The normalized spacial score (nSPS) is 25.3. The molecule has 3 aliphatic rings. The minimum absolute atomic E-state index is 0.327. The average molecular weight is 454 g/mol. The van der Waals surface area contributed by atoms with Crippen LogP contribution in [-0.2, 0) is 6.42 Å². The number of aryl methyl sites for hydroxylation is 3. The maximum atomic E-state index is 11.4. The highest BCUT2D eigenvalue weighted by Crippen LogP contribution is 2.56. The number of nitrogens with zero attached hydrogens (tertiary/aromatic N) is 1. The lowest BCUT2D eigenvalue weighted by Crippen LogP contribution is -2.07. The van der Waals surface area contributed by atoms with Crippen LogP contribution in [0.2, 0.25) is 0 Å². The summed E-state index contributed by atoms with van der Waals surface area (Å²) in [4.78, 5) is 11.4. The Balaban J connectivity index is 1.38. The van der Waals surface area contributed by atoms with Gasteiger partial charge in [0.15, 0.2) is 0 Å². The number of allylic oxidation sites excluding steroid dienone is 1. The smallest absolute Gasteiger partial charge is 0.335 e. The van der Waals surface area contributed by atoms with E-state index in [9.17, 15) is 9.90 Å². The van der Waals surface area contributed by atoms with Crippen LogP contribution in [0.15, 0.2) is 53.1 Å². The topological polar surface area (TPSA) is 63.3 Å². The molecule has 3 atom stereocenters. The summed E-state index contributed by atoms with van der Waals surface area (Å²) in [5.74, 6) is 3.40. The van der Waals surface area contributed by atoms with Crippen LogP contribution in [0.1, 0.15) is 70.6 Å². The standard InChI is InChI=1S/C30H31NO3/c1-17-29(18(2)34-31-17)24-9-10-27-23(15-24)4-3-19(11-20-12-25-16-26(25)13-20)14-28(27)21-5-7-22(8-6-21)30(32)33/h5-10,14-15,19-20,25-26H,3-4,11-13,16H2,1-2H3,(H,32,33). The maximum Gasteiger partial charge on any atom is 0.335 e. The molecule has 2 fully saturated rings. The van der Waals surface area contributed by atoms with E-state index in [0.29, 0.717) is 11.5 Å². The Kier molecular flexibility index (Phi) is 5.20. The highest BCUT2D eigenvalue weighted by molar-refractivity contribution is 5.89. The van der Waals surface area contributed by atoms with Gasteiger partial charge in [-0.05, 0) is 116 Å². The number of carboxylic acids is 1. The van der Waals surface area contributed by atoms with Gasteiger partial charge < -0.3 is 9.63 Å². The van der Waals surface area contributed by atoms with Gasteiger partial charge in [-0.2, -0.15) is 0 Å². The van der Waals surface area contributed by atoms with Crippen molar-refractivity contribution in [2.45, 2.75) is 52.4 Å². The Bertz CT molecular complexity index is 1250. The van der Waals surface area contributed by atoms with E-state index in [4.69, 9.17) is 4.52 Å². The van der Waals surface area contributed by atoms with Crippen LogP contribution in [-0.4, -0.2) is 16.2 Å². The van der Waals surface area contributed by atoms with E-state index in [1.54, 1.807) is 12.1 Å². The number of hydrogen-bond donors (Lipinski definition) is 1. The van der Waals surface area contributed by atoms with Gasteiger partial charge in [0.25, 0.3) is 0 Å². The van der Waals surface area contributed by atoms with E-state index in [0.717, 1.165) is 58.7 Å². The highest BCUT2D eigenvalue weighted by atomic mass is 16.5. The summed E-state index contributed by atoms with van der Waals surface area (Å²) >= 11 is 0. The second kappa shape index (κ2) is 8.26. The number of fused-ring (bicyclic) bond motifs is 2. The average Bonchev–Trinajstić information content (AvgIpc) is 3.36. The van der Waals surface area contributed by atoms with Gasteiger partial charge in [0.05, 0.1) is 11.3 Å². The Hall–Kier alpha value is -3.14. The van der Waals surface area contributed by atoms with Gasteiger partial charge in [-0.1, -0.05) is 41.6 Å². The molecule has 3 aliphatic carbocycles. The molecule has 174 valence electrons. The molecule has 4 heteroatoms. The molecule has 1 heterocycles. The second-order valence-electron chi connectivity index (χ2n) is 10.7. The van der Waals surface area contributed by atoms with Crippen molar-refractivity contribution in [3.05, 3.63) is 82.2 Å². The molecular formula is C30H31NO3. The van der Waals surface area contributed by atoms with Crippen LogP contribution in [0.5, 0.6) is 0 Å². The van der Waals surface area contributed by atoms with Gasteiger partial charge in [0, 0.05) is 5.56 Å². The molecule has 0 radical (unpaired) electrons. The zero-order valence-corrected chi connectivity index (χ0v) is 19.9. The lowest BCUT2D eigenvalue weighted by Gasteiger charge is -2.18. The minimum Gasteiger partial charge on any atom is -0.478 e. The van der Waals surface area contributed by atoms with Crippen molar-refractivity contribution < 1.29 is 14.4 Å². The van der Waals surface area contributed by atoms with E-state index >= 15 is 0 Å². The molecule has 3 aromatic rings. The molecule has 0 spiro atoms. The number of carbonyl (C=O) groups is 1. The molecule has 0 aliphatic heterocycles. The number of carboxylic acid groups (broad SMARTS) is 1. The summed E-state index contributed by atoms with van der Waals surface area (Å²) in [6, 6.07) is 14.1. The largest absolute Gasteiger partial charge is 0.478 e. The number of rotatable bonds is 5. The first-order chi connectivity index (χ1) is 16.5. The van der Waals surface area contributed by atoms with E-state index in [1.807, 2.05) is 26.0 Å². The van der Waals surface area contributed by atoms with Gasteiger partial charge in [-0.15, -0.1) is 0 Å². The van der Waals surface area contributed by atoms with Crippen molar-refractivity contribution in [2.24, 2.45) is 23.7 Å². The van der Waals surface area contributed by atoms with Crippen LogP contribution in [0.4, 0.5) is 0 Å². The van der Waals surface area contributed by atoms with Gasteiger partial charge in [-0.25, -0.2) is 4.79 Å². The maximum absolute atomic E-state index is 11.4. The summed E-state index contributed by atoms with van der Waals surface area (Å²) in [5, 5.41) is 13.5. The van der Waals surface area contributed by atoms with Crippen LogP contribution >= 0.6 is 0 Å². The first kappa shape index (κ1) is 21.4. The minimum atomic E-state index is -0.886. The molecule has 0 saturated heterocycles. The Morgan fingerprint density at radius 3 is 2.44 bits per heavy atom. The predicted octanol–water partition coefficient (Wildman–Crippen LogP) is 7.09. The number of benzene rings is 2. The fourth-order valence-electron chi connectivity index (χ4n) is 6.55. The molecule has 6 rings (SSSR count). The van der Waals surface area contributed by atoms with E-state index in [2.05, 4.69) is 29.4 Å². The van der Waals surface area contributed by atoms with Crippen molar-refractivity contribution in [2.75, 3.05) is 0 Å². The van der Waals surface area contributed by atoms with Crippen molar-refractivity contribution >= 4 is 11.5 Å². The summed E-state index contributed by atoms with van der Waals surface area (Å²) < 4.78 is 5.43. The van der Waals surface area contributed by atoms with Crippen LogP contribution in [0.3, 0.4) is 0 Å². The third kappa shape index (κ3) is 3.89. The monoisotopic (exact) mass is 453 g/mol. The summed E-state index contributed by atoms with van der Waals surface area (Å²) in [5.41, 5.74) is 8.44. The first-order valence-corrected chi connectivity index (χ1v) is 12.6. The summed E-state index contributed by atoms with van der Waals surface area (Å²) in [7, 11) is 0. The summed E-state index contributed by atoms with van der Waals surface area (Å²) in [6.07, 6.45) is 10.3. The van der Waals surface area contributed by atoms with Crippen molar-refractivity contribution in [1.29, 1.82) is 0 Å². The highest BCUT2D eigenvalue weighted by Gasteiger charge is 2.45. The van der Waals surface area contributed by atoms with Gasteiger partial charge in [-0.3, -0.25) is 0 Å². The lowest BCUT2D eigenvalue weighted by molar-refractivity contribution is 0.0697. The molecule has 2 saturated carbocycles. The molecule has 4 nitrogen and oxygen atoms in total. The van der Waals surface area contributed by atoms with Crippen LogP contribution in [0.25, 0.3) is 16.7 Å². The molecule has 0 amide bonds. The van der Waals surface area contributed by atoms with E-state index in [-0.39, 0.29) is 0 Å². The third-order valence-corrected chi connectivity index (χ3v) is 8.32. The van der Waals surface area contributed by atoms with Crippen LogP contribution < -0.4 is 0 Å². The van der Waals surface area contributed by atoms with Gasteiger partial charge in [0.2, 0.25) is 0 Å². The van der Waals surface area contributed by atoms with Gasteiger partial charge >= 0.3 is 5.97 Å². The fraction of sp³-hybridized carbons (Fsp3) is 0.400. The number of aromatic nitrogens is 1. The Morgan fingerprint density at radius 2 is 1.76 bits per heavy atom. The zero-order chi connectivity index (χ0) is 23.4. The second-order valence-corrected chi connectivity index (χ2v) is 10.7. The third-order valence-electron chi connectivity index (χ3n) is 8.32. The molecule has 1 aromatic heterocycles. The molecule has 1 N–H and O–H groups in total. The van der Waals surface area contributed by atoms with Crippen LogP contribution in [0, 0.1) is 37.5 Å². The molecule has 0 bridgehead atoms. The van der Waals surface area contributed by atoms with Crippen molar-refractivity contribution in [3.63, 3.8) is 0 Å². The Morgan fingerprint density at radius 1 is 1.03 bits per heavy atom. The zero-order valence-electron chi connectivity index (χ0n) is 19.9. The van der Waals surface area contributed by atoms with E-state index < -0.39 is 5.97 Å². The van der Waals surface area contributed by atoms with Crippen molar-refractivity contribution in [3.8, 4) is 11.1 Å². The molecular weight excluding hydrogens is 422 g/mol. The SMILES string of the molecule is Cc1noc(C)c1-c1ccc2c(c1)CCC(CC1CC3CC3C1)C=C2c1ccc(C(=O)O)cc1. The Labute approximate surface area is 200 Å². The molecule has 2 aromatic carbocycles. The van der Waals surface area contributed by atoms with Gasteiger partial charge in [0.1, 0.15) is 5.76 Å².